The topological polar surface area (TPSA) is 108 Å². The van der Waals surface area contributed by atoms with Gasteiger partial charge in [-0.05, 0) is 44.7 Å². The van der Waals surface area contributed by atoms with Gasteiger partial charge in [-0.2, -0.15) is 4.98 Å². The van der Waals surface area contributed by atoms with Crippen LogP contribution < -0.4 is 20.9 Å². The van der Waals surface area contributed by atoms with Crippen LogP contribution in [-0.2, 0) is 6.54 Å². The third kappa shape index (κ3) is 3.62. The number of halogens is 2. The van der Waals surface area contributed by atoms with Gasteiger partial charge in [0, 0.05) is 30.4 Å². The molecule has 2 amide bonds. The second-order valence-corrected chi connectivity index (χ2v) is 7.64. The molecule has 0 spiro atoms. The highest BCUT2D eigenvalue weighted by atomic mass is 19.1. The monoisotopic (exact) mass is 418 g/mol. The minimum Gasteiger partial charge on any atom is -0.505 e. The lowest BCUT2D eigenvalue weighted by Crippen LogP contribution is -2.48. The summed E-state index contributed by atoms with van der Waals surface area (Å²) < 4.78 is 28.8. The molecule has 0 saturated heterocycles. The molecule has 2 aliphatic rings. The number of nitrogens with two attached hydrogens (primary N) is 1. The number of benzene rings is 1. The first-order chi connectivity index (χ1) is 14.4. The summed E-state index contributed by atoms with van der Waals surface area (Å²) in [4.78, 5) is 24.1. The van der Waals surface area contributed by atoms with Crippen molar-refractivity contribution in [2.45, 2.75) is 51.2 Å². The Morgan fingerprint density at radius 2 is 2.00 bits per heavy atom. The van der Waals surface area contributed by atoms with Crippen molar-refractivity contribution in [1.29, 1.82) is 0 Å². The molecule has 0 bridgehead atoms. The molecular weight excluding hydrogens is 394 g/mol. The smallest absolute Gasteiger partial charge is 0.330 e. The maximum atomic E-state index is 14.4. The van der Waals surface area contributed by atoms with E-state index in [0.29, 0.717) is 17.3 Å². The van der Waals surface area contributed by atoms with Crippen molar-refractivity contribution >= 4 is 23.5 Å². The van der Waals surface area contributed by atoms with E-state index in [1.165, 1.54) is 4.90 Å². The van der Waals surface area contributed by atoms with Gasteiger partial charge in [0.05, 0.1) is 6.54 Å². The Labute approximate surface area is 172 Å². The van der Waals surface area contributed by atoms with Gasteiger partial charge in [0.25, 0.3) is 0 Å². The fourth-order valence-electron chi connectivity index (χ4n) is 3.97. The maximum Gasteiger partial charge on any atom is 0.330 e. The summed E-state index contributed by atoms with van der Waals surface area (Å²) in [6.45, 7) is 1.89. The molecule has 30 heavy (non-hydrogen) atoms. The van der Waals surface area contributed by atoms with Crippen LogP contribution >= 0.6 is 0 Å². The molecule has 8 nitrogen and oxygen atoms in total. The Kier molecular flexibility index (Phi) is 5.42. The van der Waals surface area contributed by atoms with Gasteiger partial charge in [-0.3, -0.25) is 9.80 Å². The number of carbonyl (C=O) groups is 1. The summed E-state index contributed by atoms with van der Waals surface area (Å²) in [6.07, 6.45) is 5.25. The number of nitrogens with zero attached hydrogens (tertiary/aromatic N) is 4. The maximum absolute atomic E-state index is 14.4. The van der Waals surface area contributed by atoms with Crippen LogP contribution in [0.4, 0.5) is 31.0 Å². The van der Waals surface area contributed by atoms with Crippen LogP contribution in [0.1, 0.15) is 38.2 Å². The van der Waals surface area contributed by atoms with Crippen LogP contribution in [-0.4, -0.2) is 39.7 Å². The molecule has 160 valence electrons. The largest absolute Gasteiger partial charge is 0.505 e. The van der Waals surface area contributed by atoms with Crippen molar-refractivity contribution in [3.8, 4) is 5.75 Å². The summed E-state index contributed by atoms with van der Waals surface area (Å²) in [7, 11) is 0. The van der Waals surface area contributed by atoms with Crippen LogP contribution in [0, 0.1) is 11.6 Å². The molecule has 4 rings (SSSR count). The van der Waals surface area contributed by atoms with Crippen molar-refractivity contribution in [3.63, 3.8) is 0 Å². The van der Waals surface area contributed by atoms with E-state index >= 15 is 0 Å². The van der Waals surface area contributed by atoms with Crippen molar-refractivity contribution in [1.82, 2.24) is 9.97 Å². The highest BCUT2D eigenvalue weighted by Crippen LogP contribution is 2.36. The van der Waals surface area contributed by atoms with E-state index in [1.54, 1.807) is 13.1 Å². The first-order valence-corrected chi connectivity index (χ1v) is 10.0. The fraction of sp³-hybridized carbons (Fsp3) is 0.450. The number of amides is 2. The molecule has 0 atom stereocenters. The number of nitrogens with one attached hydrogen (secondary N) is 1. The average molecular weight is 418 g/mol. The summed E-state index contributed by atoms with van der Waals surface area (Å²) in [5.41, 5.74) is 5.91. The number of hydrogen-bond donors (Lipinski definition) is 3. The van der Waals surface area contributed by atoms with Crippen molar-refractivity contribution in [2.75, 3.05) is 21.7 Å². The lowest BCUT2D eigenvalue weighted by Gasteiger charge is -2.36. The zero-order valence-electron chi connectivity index (χ0n) is 16.6. The van der Waals surface area contributed by atoms with Gasteiger partial charge in [-0.25, -0.2) is 18.6 Å². The molecule has 1 saturated carbocycles. The Morgan fingerprint density at radius 1 is 1.27 bits per heavy atom. The van der Waals surface area contributed by atoms with Crippen LogP contribution in [0.5, 0.6) is 5.75 Å². The highest BCUT2D eigenvalue weighted by Gasteiger charge is 2.35. The predicted molar refractivity (Wildman–Crippen MR) is 109 cm³/mol. The number of aromatic nitrogens is 2. The molecule has 1 fully saturated rings. The molecule has 10 heteroatoms. The Balaban J connectivity index is 1.64. The van der Waals surface area contributed by atoms with Crippen molar-refractivity contribution < 1.29 is 18.7 Å². The van der Waals surface area contributed by atoms with Gasteiger partial charge < -0.3 is 16.2 Å². The van der Waals surface area contributed by atoms with E-state index in [1.807, 2.05) is 0 Å². The number of fused-ring (bicyclic) bond motifs is 1. The number of anilines is 3. The number of hydrogen-bond acceptors (Lipinski definition) is 6. The number of carbonyl (C=O) groups excluding carboxylic acids is 1. The third-order valence-electron chi connectivity index (χ3n) is 5.63. The fourth-order valence-corrected chi connectivity index (χ4v) is 3.97. The first kappa shape index (κ1) is 20.3. The summed E-state index contributed by atoms with van der Waals surface area (Å²) in [6, 6.07) is 1.65. The summed E-state index contributed by atoms with van der Waals surface area (Å²) in [5.74, 6) is -2.03. The molecule has 4 N–H and O–H groups in total. The SMILES string of the molecule is CCN1C(=O)N(c2c(F)ccc(O)c2F)Cc2cnc(NC3CCC(N)CC3)nc21. The minimum atomic E-state index is -1.18. The van der Waals surface area contributed by atoms with Gasteiger partial charge in [-0.15, -0.1) is 0 Å². The van der Waals surface area contributed by atoms with E-state index in [9.17, 15) is 18.7 Å². The number of phenolic OH excluding ortho intramolecular Hbond substituents is 1. The lowest BCUT2D eigenvalue weighted by atomic mass is 9.92. The Hall–Kier alpha value is -3.01. The normalized spacial score (nSPS) is 21.5. The molecule has 2 aromatic rings. The summed E-state index contributed by atoms with van der Waals surface area (Å²) >= 11 is 0. The highest BCUT2D eigenvalue weighted by molar-refractivity contribution is 6.05. The Morgan fingerprint density at radius 3 is 2.70 bits per heavy atom. The quantitative estimate of drug-likeness (QED) is 0.704. The third-order valence-corrected chi connectivity index (χ3v) is 5.63. The van der Waals surface area contributed by atoms with Gasteiger partial charge in [0.1, 0.15) is 17.3 Å². The number of aromatic hydroxyl groups is 1. The number of phenols is 1. The van der Waals surface area contributed by atoms with E-state index in [4.69, 9.17) is 5.73 Å². The van der Waals surface area contributed by atoms with E-state index in [0.717, 1.165) is 42.7 Å². The second kappa shape index (κ2) is 8.02. The van der Waals surface area contributed by atoms with E-state index in [2.05, 4.69) is 15.3 Å². The zero-order valence-corrected chi connectivity index (χ0v) is 16.6. The molecule has 1 aromatic carbocycles. The summed E-state index contributed by atoms with van der Waals surface area (Å²) in [5, 5.41) is 12.9. The van der Waals surface area contributed by atoms with Crippen molar-refractivity contribution in [2.24, 2.45) is 5.73 Å². The van der Waals surface area contributed by atoms with Gasteiger partial charge in [0.2, 0.25) is 5.95 Å². The zero-order chi connectivity index (χ0) is 21.4. The molecule has 2 heterocycles. The first-order valence-electron chi connectivity index (χ1n) is 10.0. The number of urea groups is 1. The molecule has 1 aliphatic heterocycles. The van der Waals surface area contributed by atoms with Crippen LogP contribution in [0.25, 0.3) is 0 Å². The molecule has 1 aliphatic carbocycles. The predicted octanol–water partition coefficient (Wildman–Crippen LogP) is 3.11. The van der Waals surface area contributed by atoms with Gasteiger partial charge in [-0.1, -0.05) is 0 Å². The number of rotatable bonds is 4. The Bertz CT molecular complexity index is 965. The van der Waals surface area contributed by atoms with Crippen LogP contribution in [0.15, 0.2) is 18.3 Å². The molecule has 0 unspecified atom stereocenters. The average Bonchev–Trinajstić information content (AvgIpc) is 2.73. The van der Waals surface area contributed by atoms with Crippen LogP contribution in [0.3, 0.4) is 0 Å². The van der Waals surface area contributed by atoms with Crippen LogP contribution in [0.2, 0.25) is 0 Å². The lowest BCUT2D eigenvalue weighted by molar-refractivity contribution is 0.249. The van der Waals surface area contributed by atoms with E-state index in [-0.39, 0.29) is 25.2 Å². The minimum absolute atomic E-state index is 0.111. The van der Waals surface area contributed by atoms with Gasteiger partial charge in [0.15, 0.2) is 11.6 Å². The second-order valence-electron chi connectivity index (χ2n) is 7.64. The molecule has 0 radical (unpaired) electrons. The van der Waals surface area contributed by atoms with E-state index < -0.39 is 29.1 Å². The van der Waals surface area contributed by atoms with Gasteiger partial charge >= 0.3 is 6.03 Å². The molecule has 1 aromatic heterocycles. The van der Waals surface area contributed by atoms with Crippen molar-refractivity contribution in [3.05, 3.63) is 35.5 Å². The standard InChI is InChI=1S/C20H24F2N6O2/c1-2-27-18-11(9-24-19(26-18)25-13-5-3-12(23)4-6-13)10-28(20(27)30)17-14(21)7-8-15(29)16(17)22/h7-9,12-13,29H,2-6,10,23H2,1H3,(H,24,25,26). The molecular formula is C20H24F2N6O2.